The van der Waals surface area contributed by atoms with Crippen molar-refractivity contribution in [2.75, 3.05) is 31.1 Å². The van der Waals surface area contributed by atoms with Gasteiger partial charge in [-0.15, -0.1) is 0 Å². The first-order valence-electron chi connectivity index (χ1n) is 8.40. The zero-order valence-electron chi connectivity index (χ0n) is 14.6. The van der Waals surface area contributed by atoms with Crippen LogP contribution in [-0.4, -0.2) is 47.0 Å². The van der Waals surface area contributed by atoms with Gasteiger partial charge in [0, 0.05) is 42.3 Å². The number of halogens is 2. The number of amides is 1. The molecule has 1 aliphatic heterocycles. The van der Waals surface area contributed by atoms with Crippen LogP contribution in [0.2, 0.25) is 5.02 Å². The lowest BCUT2D eigenvalue weighted by Gasteiger charge is -2.37. The standard InChI is InChI=1S/C18H16BrClN4O3S/c19-13-6-4-12(5-7-13)17(25)21-18(28)23-10-8-22(9-11-23)16-14(20)2-1-3-15(16)24(26)27/h1-7H,8-11H2,(H,21,25,28). The molecule has 10 heteroatoms. The first kappa shape index (κ1) is 20.5. The molecule has 7 nitrogen and oxygen atoms in total. The number of nitro groups is 1. The summed E-state index contributed by atoms with van der Waals surface area (Å²) in [7, 11) is 0. The number of para-hydroxylation sites is 1. The largest absolute Gasteiger partial charge is 0.361 e. The third kappa shape index (κ3) is 4.60. The molecule has 0 saturated carbocycles. The van der Waals surface area contributed by atoms with Crippen LogP contribution in [0, 0.1) is 10.1 Å². The van der Waals surface area contributed by atoms with Crippen LogP contribution < -0.4 is 10.2 Å². The van der Waals surface area contributed by atoms with E-state index in [1.54, 1.807) is 36.4 Å². The summed E-state index contributed by atoms with van der Waals surface area (Å²) in [6.45, 7) is 2.03. The number of thiocarbonyl (C=S) groups is 1. The average Bonchev–Trinajstić information content (AvgIpc) is 2.68. The van der Waals surface area contributed by atoms with E-state index in [0.29, 0.717) is 47.6 Å². The van der Waals surface area contributed by atoms with Gasteiger partial charge >= 0.3 is 0 Å². The topological polar surface area (TPSA) is 78.7 Å². The molecule has 1 amide bonds. The number of nitrogens with one attached hydrogen (secondary N) is 1. The van der Waals surface area contributed by atoms with Crippen molar-refractivity contribution in [3.8, 4) is 0 Å². The Morgan fingerprint density at radius 1 is 1.14 bits per heavy atom. The molecule has 1 fully saturated rings. The van der Waals surface area contributed by atoms with Crippen molar-refractivity contribution in [1.82, 2.24) is 10.2 Å². The number of anilines is 1. The quantitative estimate of drug-likeness (QED) is 0.406. The van der Waals surface area contributed by atoms with E-state index in [1.165, 1.54) is 6.07 Å². The molecule has 1 aliphatic rings. The minimum atomic E-state index is -0.434. The maximum atomic E-state index is 12.3. The van der Waals surface area contributed by atoms with Gasteiger partial charge in [-0.05, 0) is 42.5 Å². The number of nitro benzene ring substituents is 1. The Morgan fingerprint density at radius 3 is 2.39 bits per heavy atom. The molecule has 0 spiro atoms. The summed E-state index contributed by atoms with van der Waals surface area (Å²) >= 11 is 14.9. The Morgan fingerprint density at radius 2 is 1.79 bits per heavy atom. The number of piperazine rings is 1. The molecule has 0 radical (unpaired) electrons. The van der Waals surface area contributed by atoms with E-state index in [-0.39, 0.29) is 11.6 Å². The molecule has 0 aliphatic carbocycles. The highest BCUT2D eigenvalue weighted by Crippen LogP contribution is 2.35. The van der Waals surface area contributed by atoms with Crippen LogP contribution in [0.25, 0.3) is 0 Å². The van der Waals surface area contributed by atoms with Crippen LogP contribution in [-0.2, 0) is 0 Å². The third-order valence-corrected chi connectivity index (χ3v) is 5.57. The van der Waals surface area contributed by atoms with Crippen molar-refractivity contribution >= 4 is 62.1 Å². The SMILES string of the molecule is O=C(NC(=S)N1CCN(c2c(Cl)cccc2[N+](=O)[O-])CC1)c1ccc(Br)cc1. The predicted molar refractivity (Wildman–Crippen MR) is 116 cm³/mol. The van der Waals surface area contributed by atoms with Crippen LogP contribution in [0.15, 0.2) is 46.9 Å². The first-order valence-corrected chi connectivity index (χ1v) is 9.98. The fourth-order valence-corrected chi connectivity index (χ4v) is 3.78. The van der Waals surface area contributed by atoms with E-state index >= 15 is 0 Å². The first-order chi connectivity index (χ1) is 13.4. The number of hydrogen-bond donors (Lipinski definition) is 1. The summed E-state index contributed by atoms with van der Waals surface area (Å²) in [4.78, 5) is 26.9. The van der Waals surface area contributed by atoms with Crippen LogP contribution in [0.1, 0.15) is 10.4 Å². The average molecular weight is 484 g/mol. The summed E-state index contributed by atoms with van der Waals surface area (Å²) < 4.78 is 0.886. The van der Waals surface area contributed by atoms with E-state index in [0.717, 1.165) is 4.47 Å². The molecule has 2 aromatic carbocycles. The van der Waals surface area contributed by atoms with Gasteiger partial charge in [0.15, 0.2) is 5.11 Å². The van der Waals surface area contributed by atoms with Crippen LogP contribution >= 0.6 is 39.7 Å². The molecule has 0 bridgehead atoms. The number of carbonyl (C=O) groups excluding carboxylic acids is 1. The number of hydrogen-bond acceptors (Lipinski definition) is 5. The summed E-state index contributed by atoms with van der Waals surface area (Å²) in [6.07, 6.45) is 0. The number of benzene rings is 2. The molecular weight excluding hydrogens is 468 g/mol. The zero-order valence-corrected chi connectivity index (χ0v) is 17.8. The Bertz CT molecular complexity index is 918. The molecule has 146 valence electrons. The highest BCUT2D eigenvalue weighted by molar-refractivity contribution is 9.10. The van der Waals surface area contributed by atoms with E-state index < -0.39 is 4.92 Å². The minimum absolute atomic E-state index is 0.0212. The normalized spacial score (nSPS) is 13.9. The van der Waals surface area contributed by atoms with E-state index in [9.17, 15) is 14.9 Å². The van der Waals surface area contributed by atoms with E-state index in [2.05, 4.69) is 21.2 Å². The molecule has 28 heavy (non-hydrogen) atoms. The van der Waals surface area contributed by atoms with Gasteiger partial charge in [-0.25, -0.2) is 0 Å². The molecule has 0 aromatic heterocycles. The van der Waals surface area contributed by atoms with Gasteiger partial charge in [-0.3, -0.25) is 20.2 Å². The molecule has 1 N–H and O–H groups in total. The van der Waals surface area contributed by atoms with Crippen molar-refractivity contribution in [3.63, 3.8) is 0 Å². The molecule has 1 heterocycles. The third-order valence-electron chi connectivity index (χ3n) is 4.37. The lowest BCUT2D eigenvalue weighted by Crippen LogP contribution is -2.52. The fourth-order valence-electron chi connectivity index (χ4n) is 2.95. The maximum Gasteiger partial charge on any atom is 0.294 e. The Hall–Kier alpha value is -2.23. The van der Waals surface area contributed by atoms with Gasteiger partial charge < -0.3 is 9.80 Å². The lowest BCUT2D eigenvalue weighted by molar-refractivity contribution is -0.384. The van der Waals surface area contributed by atoms with Crippen LogP contribution in [0.4, 0.5) is 11.4 Å². The Kier molecular flexibility index (Phi) is 6.48. The molecule has 0 unspecified atom stereocenters. The summed E-state index contributed by atoms with van der Waals surface area (Å²) in [5.41, 5.74) is 0.904. The second kappa shape index (κ2) is 8.85. The van der Waals surface area contributed by atoms with Crippen molar-refractivity contribution in [2.45, 2.75) is 0 Å². The second-order valence-corrected chi connectivity index (χ2v) is 7.81. The number of nitrogens with zero attached hydrogens (tertiary/aromatic N) is 3. The number of rotatable bonds is 3. The monoisotopic (exact) mass is 482 g/mol. The van der Waals surface area contributed by atoms with Gasteiger partial charge in [-0.1, -0.05) is 33.6 Å². The van der Waals surface area contributed by atoms with Crippen LogP contribution in [0.3, 0.4) is 0 Å². The summed E-state index contributed by atoms with van der Waals surface area (Å²) in [6, 6.07) is 11.6. The molecule has 2 aromatic rings. The van der Waals surface area contributed by atoms with Gasteiger partial charge in [0.05, 0.1) is 9.95 Å². The van der Waals surface area contributed by atoms with E-state index in [1.807, 2.05) is 9.80 Å². The van der Waals surface area contributed by atoms with Crippen molar-refractivity contribution in [1.29, 1.82) is 0 Å². The van der Waals surface area contributed by atoms with E-state index in [4.69, 9.17) is 23.8 Å². The summed E-state index contributed by atoms with van der Waals surface area (Å²) in [5.74, 6) is -0.276. The highest BCUT2D eigenvalue weighted by atomic mass is 79.9. The van der Waals surface area contributed by atoms with Gasteiger partial charge in [0.1, 0.15) is 5.69 Å². The minimum Gasteiger partial charge on any atom is -0.361 e. The smallest absolute Gasteiger partial charge is 0.294 e. The van der Waals surface area contributed by atoms with Crippen molar-refractivity contribution in [2.24, 2.45) is 0 Å². The zero-order chi connectivity index (χ0) is 20.3. The Labute approximate surface area is 180 Å². The molecule has 1 saturated heterocycles. The molecule has 3 rings (SSSR count). The Balaban J connectivity index is 1.63. The second-order valence-electron chi connectivity index (χ2n) is 6.10. The van der Waals surface area contributed by atoms with Crippen LogP contribution in [0.5, 0.6) is 0 Å². The highest BCUT2D eigenvalue weighted by Gasteiger charge is 2.27. The van der Waals surface area contributed by atoms with Crippen molar-refractivity contribution in [3.05, 3.63) is 67.6 Å². The number of carbonyl (C=O) groups is 1. The fraction of sp³-hybridized carbons (Fsp3) is 0.222. The van der Waals surface area contributed by atoms with Crippen molar-refractivity contribution < 1.29 is 9.72 Å². The molecule has 0 atom stereocenters. The summed E-state index contributed by atoms with van der Waals surface area (Å²) in [5, 5.41) is 14.7. The van der Waals surface area contributed by atoms with Gasteiger partial charge in [0.25, 0.3) is 11.6 Å². The van der Waals surface area contributed by atoms with Gasteiger partial charge in [0.2, 0.25) is 0 Å². The lowest BCUT2D eigenvalue weighted by atomic mass is 10.2. The predicted octanol–water partition coefficient (Wildman–Crippen LogP) is 3.85. The van der Waals surface area contributed by atoms with Gasteiger partial charge in [-0.2, -0.15) is 0 Å². The maximum absolute atomic E-state index is 12.3. The molecular formula is C18H16BrClN4O3S.